The molecule has 0 aliphatic rings. The van der Waals surface area contributed by atoms with E-state index < -0.39 is 0 Å². The Labute approximate surface area is 145 Å². The van der Waals surface area contributed by atoms with Gasteiger partial charge in [0.1, 0.15) is 5.82 Å². The molecule has 2 aromatic rings. The van der Waals surface area contributed by atoms with E-state index in [4.69, 9.17) is 23.2 Å². The predicted molar refractivity (Wildman–Crippen MR) is 89.0 cm³/mol. The fourth-order valence-corrected chi connectivity index (χ4v) is 3.22. The standard InChI is InChI=1S/C13H6Br3Cl2F/c14-8-3-6(1-2-10(8)17)13(16)7-4-11(18)9(15)5-12(7)19/h1-5,13H. The molecule has 0 fully saturated rings. The number of rotatable bonds is 2. The lowest BCUT2D eigenvalue weighted by atomic mass is 10.0. The minimum Gasteiger partial charge on any atom is -0.207 e. The summed E-state index contributed by atoms with van der Waals surface area (Å²) in [6.45, 7) is 0. The van der Waals surface area contributed by atoms with E-state index in [9.17, 15) is 4.39 Å². The van der Waals surface area contributed by atoms with Gasteiger partial charge in [-0.3, -0.25) is 0 Å². The van der Waals surface area contributed by atoms with Crippen molar-refractivity contribution in [3.63, 3.8) is 0 Å². The van der Waals surface area contributed by atoms with Gasteiger partial charge in [0, 0.05) is 14.5 Å². The highest BCUT2D eigenvalue weighted by Gasteiger charge is 2.17. The molecule has 2 rings (SSSR count). The number of hydrogen-bond donors (Lipinski definition) is 0. The summed E-state index contributed by atoms with van der Waals surface area (Å²) in [5.74, 6) is -0.329. The molecule has 2 aromatic carbocycles. The van der Waals surface area contributed by atoms with Gasteiger partial charge in [0.05, 0.1) is 14.9 Å². The summed E-state index contributed by atoms with van der Waals surface area (Å²) in [5.41, 5.74) is 1.36. The van der Waals surface area contributed by atoms with Crippen LogP contribution in [0.3, 0.4) is 0 Å². The van der Waals surface area contributed by atoms with Crippen LogP contribution in [-0.2, 0) is 0 Å². The summed E-state index contributed by atoms with van der Waals surface area (Å²) in [5, 5.41) is 1.08. The molecule has 0 spiro atoms. The maximum atomic E-state index is 14.0. The maximum absolute atomic E-state index is 14.0. The highest BCUT2D eigenvalue weighted by molar-refractivity contribution is 9.11. The number of alkyl halides is 1. The van der Waals surface area contributed by atoms with E-state index in [2.05, 4.69) is 47.8 Å². The zero-order valence-corrected chi connectivity index (χ0v) is 15.5. The molecule has 1 atom stereocenters. The van der Waals surface area contributed by atoms with Crippen molar-refractivity contribution in [3.8, 4) is 0 Å². The van der Waals surface area contributed by atoms with Gasteiger partial charge in [0.2, 0.25) is 0 Å². The van der Waals surface area contributed by atoms with Crippen molar-refractivity contribution in [1.82, 2.24) is 0 Å². The van der Waals surface area contributed by atoms with E-state index in [0.717, 1.165) is 10.0 Å². The van der Waals surface area contributed by atoms with Crippen LogP contribution in [-0.4, -0.2) is 0 Å². The van der Waals surface area contributed by atoms with Gasteiger partial charge < -0.3 is 0 Å². The van der Waals surface area contributed by atoms with Crippen LogP contribution in [0.1, 0.15) is 16.0 Å². The summed E-state index contributed by atoms with van der Waals surface area (Å²) in [7, 11) is 0. The zero-order valence-electron chi connectivity index (χ0n) is 9.23. The van der Waals surface area contributed by atoms with Crippen LogP contribution in [0.25, 0.3) is 0 Å². The average Bonchev–Trinajstić information content (AvgIpc) is 2.36. The third-order valence-electron chi connectivity index (χ3n) is 2.55. The van der Waals surface area contributed by atoms with Gasteiger partial charge in [-0.05, 0) is 61.7 Å². The predicted octanol–water partition coefficient (Wildman–Crippen LogP) is 7.14. The first-order valence-electron chi connectivity index (χ1n) is 5.13. The second-order valence-electron chi connectivity index (χ2n) is 3.82. The summed E-state index contributed by atoms with van der Waals surface area (Å²) in [6, 6.07) is 8.40. The highest BCUT2D eigenvalue weighted by atomic mass is 79.9. The molecule has 0 nitrogen and oxygen atoms in total. The molecular formula is C13H6Br3Cl2F. The number of halogens is 6. The van der Waals surface area contributed by atoms with Gasteiger partial charge in [-0.15, -0.1) is 0 Å². The summed E-state index contributed by atoms with van der Waals surface area (Å²) >= 11 is 22.0. The first kappa shape index (κ1) is 15.8. The lowest BCUT2D eigenvalue weighted by Crippen LogP contribution is -1.97. The molecule has 0 aliphatic carbocycles. The Morgan fingerprint density at radius 1 is 0.947 bits per heavy atom. The van der Waals surface area contributed by atoms with Crippen LogP contribution < -0.4 is 0 Å². The van der Waals surface area contributed by atoms with Crippen LogP contribution in [0.15, 0.2) is 39.3 Å². The molecule has 0 bridgehead atoms. The lowest BCUT2D eigenvalue weighted by molar-refractivity contribution is 0.612. The summed E-state index contributed by atoms with van der Waals surface area (Å²) < 4.78 is 15.3. The van der Waals surface area contributed by atoms with Crippen molar-refractivity contribution in [1.29, 1.82) is 0 Å². The van der Waals surface area contributed by atoms with Crippen LogP contribution in [0, 0.1) is 5.82 Å². The molecule has 0 saturated carbocycles. The van der Waals surface area contributed by atoms with E-state index in [1.807, 2.05) is 12.1 Å². The lowest BCUT2D eigenvalue weighted by Gasteiger charge is -2.13. The first-order chi connectivity index (χ1) is 8.90. The number of benzene rings is 2. The number of hydrogen-bond acceptors (Lipinski definition) is 0. The fourth-order valence-electron chi connectivity index (χ4n) is 1.58. The van der Waals surface area contributed by atoms with E-state index in [-0.39, 0.29) is 10.6 Å². The van der Waals surface area contributed by atoms with Crippen molar-refractivity contribution < 1.29 is 4.39 Å². The van der Waals surface area contributed by atoms with Gasteiger partial charge >= 0.3 is 0 Å². The summed E-state index contributed by atoms with van der Waals surface area (Å²) in [4.78, 5) is -0.299. The molecule has 0 aliphatic heterocycles. The maximum Gasteiger partial charge on any atom is 0.129 e. The highest BCUT2D eigenvalue weighted by Crippen LogP contribution is 2.38. The largest absolute Gasteiger partial charge is 0.207 e. The molecule has 0 saturated heterocycles. The Morgan fingerprint density at radius 3 is 2.21 bits per heavy atom. The molecule has 0 radical (unpaired) electrons. The van der Waals surface area contributed by atoms with Crippen molar-refractivity contribution in [2.75, 3.05) is 0 Å². The van der Waals surface area contributed by atoms with Crippen LogP contribution in [0.2, 0.25) is 10.0 Å². The molecule has 0 N–H and O–H groups in total. The van der Waals surface area contributed by atoms with Crippen LogP contribution >= 0.6 is 71.0 Å². The van der Waals surface area contributed by atoms with Crippen molar-refractivity contribution in [3.05, 3.63) is 66.3 Å². The van der Waals surface area contributed by atoms with Gasteiger partial charge in [-0.2, -0.15) is 0 Å². The van der Waals surface area contributed by atoms with E-state index in [0.29, 0.717) is 20.1 Å². The Hall–Kier alpha value is 0.390. The average molecular weight is 492 g/mol. The van der Waals surface area contributed by atoms with Crippen LogP contribution in [0.4, 0.5) is 4.39 Å². The smallest absolute Gasteiger partial charge is 0.129 e. The molecule has 1 unspecified atom stereocenters. The van der Waals surface area contributed by atoms with Gasteiger partial charge in [-0.25, -0.2) is 4.39 Å². The van der Waals surface area contributed by atoms with Crippen molar-refractivity contribution >= 4 is 71.0 Å². The van der Waals surface area contributed by atoms with Crippen LogP contribution in [0.5, 0.6) is 0 Å². The third-order valence-corrected chi connectivity index (χ3v) is 5.98. The molecule has 0 aromatic heterocycles. The first-order valence-corrected chi connectivity index (χ1v) is 8.39. The monoisotopic (exact) mass is 488 g/mol. The Kier molecular flexibility index (Phi) is 5.34. The molecular weight excluding hydrogens is 486 g/mol. The second-order valence-corrected chi connectivity index (χ2v) is 7.26. The minimum absolute atomic E-state index is 0.299. The van der Waals surface area contributed by atoms with Crippen molar-refractivity contribution in [2.45, 2.75) is 4.83 Å². The van der Waals surface area contributed by atoms with E-state index in [1.54, 1.807) is 12.1 Å². The van der Waals surface area contributed by atoms with Crippen molar-refractivity contribution in [2.24, 2.45) is 0 Å². The third kappa shape index (κ3) is 3.53. The van der Waals surface area contributed by atoms with E-state index >= 15 is 0 Å². The van der Waals surface area contributed by atoms with Gasteiger partial charge in [-0.1, -0.05) is 45.2 Å². The Morgan fingerprint density at radius 2 is 1.58 bits per heavy atom. The molecule has 0 heterocycles. The van der Waals surface area contributed by atoms with Gasteiger partial charge in [0.25, 0.3) is 0 Å². The Balaban J connectivity index is 2.46. The normalized spacial score (nSPS) is 12.5. The van der Waals surface area contributed by atoms with Gasteiger partial charge in [0.15, 0.2) is 0 Å². The molecule has 0 amide bonds. The fraction of sp³-hybridized carbons (Fsp3) is 0.0769. The summed E-state index contributed by atoms with van der Waals surface area (Å²) in [6.07, 6.45) is 0. The molecule has 6 heteroatoms. The zero-order chi connectivity index (χ0) is 14.2. The molecule has 100 valence electrons. The van der Waals surface area contributed by atoms with E-state index in [1.165, 1.54) is 6.07 Å². The quantitative estimate of drug-likeness (QED) is 0.309. The minimum atomic E-state index is -0.329. The molecule has 19 heavy (non-hydrogen) atoms. The topological polar surface area (TPSA) is 0 Å². The SMILES string of the molecule is Fc1cc(Br)c(Cl)cc1C(Br)c1ccc(Cl)c(Br)c1. The Bertz CT molecular complexity index is 632. The second kappa shape index (κ2) is 6.44.